The summed E-state index contributed by atoms with van der Waals surface area (Å²) in [6, 6.07) is 8.65. The van der Waals surface area contributed by atoms with Gasteiger partial charge in [0.25, 0.3) is 0 Å². The van der Waals surface area contributed by atoms with Gasteiger partial charge in [0.15, 0.2) is 0 Å². The molecule has 0 saturated heterocycles. The molecule has 0 unspecified atom stereocenters. The maximum atomic E-state index is 4.78. The fraction of sp³-hybridized carbons (Fsp3) is 0.267. The molecule has 0 atom stereocenters. The highest BCUT2D eigenvalue weighted by molar-refractivity contribution is 7.25. The Morgan fingerprint density at radius 1 is 0.947 bits per heavy atom. The van der Waals surface area contributed by atoms with Gasteiger partial charge in [-0.15, -0.1) is 34.0 Å². The predicted molar refractivity (Wildman–Crippen MR) is 87.4 cm³/mol. The van der Waals surface area contributed by atoms with Crippen LogP contribution in [0, 0.1) is 0 Å². The molecule has 0 bridgehead atoms. The number of thiophene rings is 2. The van der Waals surface area contributed by atoms with Crippen molar-refractivity contribution in [1.82, 2.24) is 4.98 Å². The summed E-state index contributed by atoms with van der Waals surface area (Å²) in [5.74, 6) is 0. The molecule has 0 fully saturated rings. The van der Waals surface area contributed by atoms with Gasteiger partial charge >= 0.3 is 0 Å². The minimum Gasteiger partial charge on any atom is -0.240 e. The van der Waals surface area contributed by atoms with Crippen LogP contribution in [0.1, 0.15) is 26.5 Å². The highest BCUT2D eigenvalue weighted by Crippen LogP contribution is 2.38. The van der Waals surface area contributed by atoms with Crippen LogP contribution in [0.25, 0.3) is 19.6 Å². The molecule has 4 heteroatoms. The lowest BCUT2D eigenvalue weighted by Crippen LogP contribution is -2.11. The molecule has 0 spiro atoms. The maximum Gasteiger partial charge on any atom is 0.133 e. The van der Waals surface area contributed by atoms with Gasteiger partial charge in [0.1, 0.15) is 5.01 Å². The van der Waals surface area contributed by atoms with Gasteiger partial charge in [-0.2, -0.15) is 0 Å². The quantitative estimate of drug-likeness (QED) is 0.574. The van der Waals surface area contributed by atoms with E-state index in [1.807, 2.05) is 11.3 Å². The lowest BCUT2D eigenvalue weighted by atomic mass is 9.93. The average molecular weight is 305 g/mol. The third-order valence-electron chi connectivity index (χ3n) is 2.85. The van der Waals surface area contributed by atoms with Crippen LogP contribution in [-0.2, 0) is 5.41 Å². The zero-order chi connectivity index (χ0) is 13.5. The molecule has 3 aromatic rings. The van der Waals surface area contributed by atoms with Crippen LogP contribution >= 0.6 is 34.0 Å². The molecule has 0 saturated carbocycles. The van der Waals surface area contributed by atoms with Crippen molar-refractivity contribution in [2.45, 2.75) is 26.2 Å². The van der Waals surface area contributed by atoms with Gasteiger partial charge in [0.05, 0.1) is 10.6 Å². The van der Waals surface area contributed by atoms with Crippen LogP contribution in [0.15, 0.2) is 35.0 Å². The summed E-state index contributed by atoms with van der Waals surface area (Å²) in [6.07, 6.45) is 0. The van der Waals surface area contributed by atoms with Crippen molar-refractivity contribution in [3.8, 4) is 19.6 Å². The van der Waals surface area contributed by atoms with Crippen molar-refractivity contribution in [3.05, 3.63) is 40.7 Å². The second-order valence-electron chi connectivity index (χ2n) is 5.43. The molecule has 0 amide bonds. The Labute approximate surface area is 125 Å². The number of hydrogen-bond donors (Lipinski definition) is 0. The predicted octanol–water partition coefficient (Wildman–Crippen LogP) is 5.90. The summed E-state index contributed by atoms with van der Waals surface area (Å²) in [5.41, 5.74) is 1.31. The monoisotopic (exact) mass is 305 g/mol. The highest BCUT2D eigenvalue weighted by Gasteiger charge is 2.18. The van der Waals surface area contributed by atoms with E-state index in [1.54, 1.807) is 22.7 Å². The van der Waals surface area contributed by atoms with Crippen LogP contribution in [-0.4, -0.2) is 4.98 Å². The number of rotatable bonds is 2. The fourth-order valence-electron chi connectivity index (χ4n) is 1.74. The lowest BCUT2D eigenvalue weighted by molar-refractivity contribution is 0.573. The van der Waals surface area contributed by atoms with Crippen molar-refractivity contribution in [1.29, 1.82) is 0 Å². The molecule has 3 aromatic heterocycles. The minimum atomic E-state index is 0.128. The zero-order valence-corrected chi connectivity index (χ0v) is 13.6. The zero-order valence-electron chi connectivity index (χ0n) is 11.1. The Morgan fingerprint density at radius 2 is 1.74 bits per heavy atom. The Morgan fingerprint density at radius 3 is 2.37 bits per heavy atom. The van der Waals surface area contributed by atoms with Gasteiger partial charge in [-0.1, -0.05) is 26.8 Å². The van der Waals surface area contributed by atoms with Gasteiger partial charge in [0.2, 0.25) is 0 Å². The summed E-state index contributed by atoms with van der Waals surface area (Å²) in [7, 11) is 0. The minimum absolute atomic E-state index is 0.128. The van der Waals surface area contributed by atoms with Gasteiger partial charge in [0, 0.05) is 20.5 Å². The summed E-state index contributed by atoms with van der Waals surface area (Å²) in [4.78, 5) is 8.71. The van der Waals surface area contributed by atoms with E-state index in [9.17, 15) is 0 Å². The number of aromatic nitrogens is 1. The second-order valence-corrected chi connectivity index (χ2v) is 8.32. The van der Waals surface area contributed by atoms with Crippen LogP contribution in [0.4, 0.5) is 0 Å². The molecule has 1 nitrogen and oxygen atoms in total. The molecule has 0 N–H and O–H groups in total. The first-order valence-electron chi connectivity index (χ1n) is 6.14. The third-order valence-corrected chi connectivity index (χ3v) is 6.02. The molecular formula is C15H15NS3. The maximum absolute atomic E-state index is 4.78. The van der Waals surface area contributed by atoms with Gasteiger partial charge in [-0.05, 0) is 23.6 Å². The number of thiazole rings is 1. The van der Waals surface area contributed by atoms with E-state index in [2.05, 4.69) is 55.8 Å². The molecule has 3 heterocycles. The largest absolute Gasteiger partial charge is 0.240 e. The van der Waals surface area contributed by atoms with E-state index in [0.717, 1.165) is 5.01 Å². The van der Waals surface area contributed by atoms with Crippen molar-refractivity contribution in [2.75, 3.05) is 0 Å². The fourth-order valence-corrected chi connectivity index (χ4v) is 4.69. The number of nitrogens with zero attached hydrogens (tertiary/aromatic N) is 1. The van der Waals surface area contributed by atoms with Gasteiger partial charge in [-0.3, -0.25) is 0 Å². The molecule has 0 aliphatic rings. The summed E-state index contributed by atoms with van der Waals surface area (Å²) >= 11 is 5.36. The van der Waals surface area contributed by atoms with Crippen molar-refractivity contribution < 1.29 is 0 Å². The van der Waals surface area contributed by atoms with Crippen molar-refractivity contribution in [2.24, 2.45) is 0 Å². The standard InChI is InChI=1S/C15H15NS3/c1-15(2,3)13-9-18-14(16-13)12-7-6-11(19-12)10-5-4-8-17-10/h4-9H,1-3H3. The smallest absolute Gasteiger partial charge is 0.133 e. The second kappa shape index (κ2) is 4.85. The van der Waals surface area contributed by atoms with Crippen LogP contribution in [0.3, 0.4) is 0 Å². The molecule has 0 aliphatic carbocycles. The highest BCUT2D eigenvalue weighted by atomic mass is 32.1. The Kier molecular flexibility index (Phi) is 3.33. The molecule has 0 aliphatic heterocycles. The topological polar surface area (TPSA) is 12.9 Å². The Balaban J connectivity index is 1.93. The third kappa shape index (κ3) is 2.66. The van der Waals surface area contributed by atoms with Crippen molar-refractivity contribution in [3.63, 3.8) is 0 Å². The normalized spacial score (nSPS) is 11.9. The van der Waals surface area contributed by atoms with E-state index in [0.29, 0.717) is 0 Å². The van der Waals surface area contributed by atoms with E-state index >= 15 is 0 Å². The first-order chi connectivity index (χ1) is 9.04. The Hall–Kier alpha value is -0.970. The first kappa shape index (κ1) is 13.0. The molecule has 0 radical (unpaired) electrons. The van der Waals surface area contributed by atoms with E-state index < -0.39 is 0 Å². The Bertz CT molecular complexity index is 668. The van der Waals surface area contributed by atoms with Gasteiger partial charge in [-0.25, -0.2) is 4.98 Å². The molecular weight excluding hydrogens is 290 g/mol. The summed E-state index contributed by atoms with van der Waals surface area (Å²) in [6.45, 7) is 6.62. The van der Waals surface area contributed by atoms with E-state index in [1.165, 1.54) is 20.3 Å². The van der Waals surface area contributed by atoms with Gasteiger partial charge < -0.3 is 0 Å². The summed E-state index contributed by atoms with van der Waals surface area (Å²) < 4.78 is 0. The lowest BCUT2D eigenvalue weighted by Gasteiger charge is -2.14. The molecule has 3 rings (SSSR count). The van der Waals surface area contributed by atoms with E-state index in [-0.39, 0.29) is 5.41 Å². The molecule has 98 valence electrons. The number of hydrogen-bond acceptors (Lipinski definition) is 4. The van der Waals surface area contributed by atoms with E-state index in [4.69, 9.17) is 4.98 Å². The SMILES string of the molecule is CC(C)(C)c1csc(-c2ccc(-c3cccs3)s2)n1. The van der Waals surface area contributed by atoms with Crippen LogP contribution in [0.2, 0.25) is 0 Å². The summed E-state index contributed by atoms with van der Waals surface area (Å²) in [5, 5.41) is 5.44. The van der Waals surface area contributed by atoms with Crippen LogP contribution < -0.4 is 0 Å². The van der Waals surface area contributed by atoms with Crippen LogP contribution in [0.5, 0.6) is 0 Å². The molecule has 0 aromatic carbocycles. The molecule has 19 heavy (non-hydrogen) atoms. The first-order valence-corrected chi connectivity index (χ1v) is 8.72. The van der Waals surface area contributed by atoms with Crippen molar-refractivity contribution >= 4 is 34.0 Å². The average Bonchev–Trinajstić information content (AvgIpc) is 3.10.